The Hall–Kier alpha value is -2.08. The molecule has 4 aliphatic rings. The zero-order chi connectivity index (χ0) is 15.8. The Balaban J connectivity index is 1.80. The lowest BCUT2D eigenvalue weighted by Gasteiger charge is -2.55. The predicted molar refractivity (Wildman–Crippen MR) is 82.3 cm³/mol. The van der Waals surface area contributed by atoms with E-state index in [1.165, 1.54) is 11.1 Å². The number of rotatable bonds is 2. The number of hydrogen-bond donors (Lipinski definition) is 1. The van der Waals surface area contributed by atoms with E-state index in [9.17, 15) is 10.0 Å². The zero-order valence-electron chi connectivity index (χ0n) is 12.8. The summed E-state index contributed by atoms with van der Waals surface area (Å²) in [4.78, 5) is 11.3. The van der Waals surface area contributed by atoms with Gasteiger partial charge in [-0.25, -0.2) is 0 Å². The van der Waals surface area contributed by atoms with E-state index in [0.717, 1.165) is 18.6 Å². The Bertz CT molecular complexity index is 734. The highest BCUT2D eigenvalue weighted by atomic mass is 16.5. The summed E-state index contributed by atoms with van der Waals surface area (Å²) >= 11 is 0. The van der Waals surface area contributed by atoms with Crippen LogP contribution < -0.4 is 9.47 Å². The molecule has 2 aliphatic carbocycles. The Morgan fingerprint density at radius 1 is 1.43 bits per heavy atom. The van der Waals surface area contributed by atoms with Crippen molar-refractivity contribution in [3.8, 4) is 11.5 Å². The number of piperidine rings is 1. The molecule has 0 unspecified atom stereocenters. The first kappa shape index (κ1) is 13.4. The Labute approximate surface area is 133 Å². The van der Waals surface area contributed by atoms with Crippen LogP contribution in [0, 0.1) is 10.8 Å². The third-order valence-corrected chi connectivity index (χ3v) is 6.15. The maximum Gasteiger partial charge on any atom is 0.165 e. The van der Waals surface area contributed by atoms with Gasteiger partial charge in [-0.2, -0.15) is 0 Å². The van der Waals surface area contributed by atoms with Crippen LogP contribution in [0.3, 0.4) is 0 Å². The molecule has 2 bridgehead atoms. The fraction of sp³-hybridized carbons (Fsp3) is 0.529. The summed E-state index contributed by atoms with van der Waals surface area (Å²) < 4.78 is 11.7. The van der Waals surface area contributed by atoms with Gasteiger partial charge in [0.15, 0.2) is 11.5 Å². The van der Waals surface area contributed by atoms with Crippen molar-refractivity contribution in [2.45, 2.75) is 36.5 Å². The summed E-state index contributed by atoms with van der Waals surface area (Å²) in [7, 11) is 1.64. The van der Waals surface area contributed by atoms with Gasteiger partial charge in [-0.3, -0.25) is 5.01 Å². The third-order valence-electron chi connectivity index (χ3n) is 6.15. The molecule has 6 heteroatoms. The molecular formula is C17H18N2O4. The second kappa shape index (κ2) is 4.26. The van der Waals surface area contributed by atoms with Gasteiger partial charge in [-0.05, 0) is 24.5 Å². The maximum atomic E-state index is 11.3. The molecule has 1 N–H and O–H groups in total. The van der Waals surface area contributed by atoms with E-state index < -0.39 is 6.10 Å². The summed E-state index contributed by atoms with van der Waals surface area (Å²) in [5.41, 5.74) is 2.08. The molecule has 6 nitrogen and oxygen atoms in total. The molecule has 1 fully saturated rings. The summed E-state index contributed by atoms with van der Waals surface area (Å²) in [5, 5.41) is 15.4. The number of hydrogen-bond acceptors (Lipinski definition) is 5. The molecule has 0 amide bonds. The molecule has 5 atom stereocenters. The minimum absolute atomic E-state index is 0.0305. The van der Waals surface area contributed by atoms with Crippen molar-refractivity contribution in [1.29, 1.82) is 0 Å². The lowest BCUT2D eigenvalue weighted by Crippen LogP contribution is -2.64. The Morgan fingerprint density at radius 3 is 3.09 bits per heavy atom. The number of nitrogens with zero attached hydrogens (tertiary/aromatic N) is 2. The van der Waals surface area contributed by atoms with Crippen molar-refractivity contribution < 1.29 is 14.6 Å². The molecule has 5 rings (SSSR count). The smallest absolute Gasteiger partial charge is 0.165 e. The van der Waals surface area contributed by atoms with Gasteiger partial charge in [0.1, 0.15) is 12.2 Å². The molecule has 0 radical (unpaired) electrons. The van der Waals surface area contributed by atoms with Crippen molar-refractivity contribution in [3.05, 3.63) is 40.3 Å². The fourth-order valence-electron chi connectivity index (χ4n) is 5.29. The van der Waals surface area contributed by atoms with Crippen LogP contribution in [0.1, 0.15) is 17.5 Å². The Kier molecular flexibility index (Phi) is 2.48. The highest BCUT2D eigenvalue weighted by Gasteiger charge is 2.64. The van der Waals surface area contributed by atoms with Gasteiger partial charge in [-0.15, -0.1) is 4.91 Å². The van der Waals surface area contributed by atoms with Crippen molar-refractivity contribution in [2.75, 3.05) is 13.7 Å². The van der Waals surface area contributed by atoms with Gasteiger partial charge in [0, 0.05) is 23.4 Å². The monoisotopic (exact) mass is 314 g/mol. The second-order valence-electron chi connectivity index (χ2n) is 6.88. The van der Waals surface area contributed by atoms with Crippen molar-refractivity contribution in [3.63, 3.8) is 0 Å². The topological polar surface area (TPSA) is 71.4 Å². The summed E-state index contributed by atoms with van der Waals surface area (Å²) in [6, 6.07) is 4.01. The van der Waals surface area contributed by atoms with Crippen LogP contribution in [0.25, 0.3) is 0 Å². The molecule has 0 saturated carbocycles. The maximum absolute atomic E-state index is 11.3. The van der Waals surface area contributed by atoms with Crippen LogP contribution >= 0.6 is 0 Å². The summed E-state index contributed by atoms with van der Waals surface area (Å²) in [6.07, 6.45) is 4.41. The number of benzene rings is 1. The van der Waals surface area contributed by atoms with E-state index in [4.69, 9.17) is 9.47 Å². The van der Waals surface area contributed by atoms with Gasteiger partial charge < -0.3 is 14.6 Å². The Morgan fingerprint density at radius 2 is 2.30 bits per heavy atom. The molecule has 120 valence electrons. The van der Waals surface area contributed by atoms with E-state index in [1.54, 1.807) is 18.2 Å². The highest BCUT2D eigenvalue weighted by Crippen LogP contribution is 2.62. The SMILES string of the molecule is COc1ccc2c3c1O[C@H]1[C@@H](O)C=C[C@H]4[C@@H](C2)N(N=O)CC[C@@]341. The van der Waals surface area contributed by atoms with Gasteiger partial charge in [0.05, 0.1) is 18.4 Å². The molecule has 2 aliphatic heterocycles. The van der Waals surface area contributed by atoms with Crippen molar-refractivity contribution in [2.24, 2.45) is 11.2 Å². The lowest BCUT2D eigenvalue weighted by atomic mass is 9.53. The molecule has 1 saturated heterocycles. The van der Waals surface area contributed by atoms with Gasteiger partial charge in [-0.1, -0.05) is 18.2 Å². The van der Waals surface area contributed by atoms with E-state index in [0.29, 0.717) is 12.3 Å². The van der Waals surface area contributed by atoms with Crippen LogP contribution in [0.5, 0.6) is 11.5 Å². The molecule has 1 aromatic rings. The van der Waals surface area contributed by atoms with Crippen LogP contribution in [0.15, 0.2) is 29.6 Å². The van der Waals surface area contributed by atoms with E-state index in [-0.39, 0.29) is 23.5 Å². The largest absolute Gasteiger partial charge is 0.493 e. The number of methoxy groups -OCH3 is 1. The van der Waals surface area contributed by atoms with Crippen LogP contribution in [-0.2, 0) is 11.8 Å². The molecule has 1 spiro atoms. The molecule has 0 aromatic heterocycles. The van der Waals surface area contributed by atoms with Crippen LogP contribution in [-0.4, -0.2) is 42.0 Å². The second-order valence-corrected chi connectivity index (χ2v) is 6.88. The lowest BCUT2D eigenvalue weighted by molar-refractivity contribution is -0.0517. The van der Waals surface area contributed by atoms with E-state index in [2.05, 4.69) is 17.4 Å². The summed E-state index contributed by atoms with van der Waals surface area (Å²) in [6.45, 7) is 0.598. The number of nitroso groups, excluding NO2 is 1. The number of ether oxygens (including phenoxy) is 2. The first-order valence-electron chi connectivity index (χ1n) is 8.04. The van der Waals surface area contributed by atoms with Crippen molar-refractivity contribution in [1.82, 2.24) is 5.01 Å². The first-order valence-corrected chi connectivity index (χ1v) is 8.04. The van der Waals surface area contributed by atoms with Gasteiger partial charge >= 0.3 is 0 Å². The molecule has 2 heterocycles. The van der Waals surface area contributed by atoms with Crippen LogP contribution in [0.2, 0.25) is 0 Å². The molecule has 1 aromatic carbocycles. The third kappa shape index (κ3) is 1.39. The van der Waals surface area contributed by atoms with Crippen molar-refractivity contribution >= 4 is 0 Å². The summed E-state index contributed by atoms with van der Waals surface area (Å²) in [5.74, 6) is 1.62. The standard InChI is InChI=1S/C17H18N2O4/c1-22-13-5-2-9-8-11-10-3-4-12(20)16-17(10,6-7-19(11)18-21)14(9)15(13)23-16/h2-5,10-12,16,20H,6-8H2,1H3/t10-,11+,12-,16-,17-/m0/s1. The minimum Gasteiger partial charge on any atom is -0.493 e. The van der Waals surface area contributed by atoms with Gasteiger partial charge in [0.2, 0.25) is 0 Å². The van der Waals surface area contributed by atoms with Gasteiger partial charge in [0.25, 0.3) is 0 Å². The molecule has 23 heavy (non-hydrogen) atoms. The number of aliphatic hydroxyl groups excluding tert-OH is 1. The fourth-order valence-corrected chi connectivity index (χ4v) is 5.29. The van der Waals surface area contributed by atoms with Crippen LogP contribution in [0.4, 0.5) is 0 Å². The molecular weight excluding hydrogens is 296 g/mol. The van der Waals surface area contributed by atoms with E-state index in [1.807, 2.05) is 6.07 Å². The zero-order valence-corrected chi connectivity index (χ0v) is 12.8. The number of aliphatic hydroxyl groups is 1. The van der Waals surface area contributed by atoms with E-state index >= 15 is 0 Å². The first-order chi connectivity index (χ1) is 11.2. The normalized spacial score (nSPS) is 38.8. The predicted octanol–water partition coefficient (Wildman–Crippen LogP) is 1.55. The minimum atomic E-state index is -0.648. The average Bonchev–Trinajstić information content (AvgIpc) is 2.91. The highest BCUT2D eigenvalue weighted by molar-refractivity contribution is 5.62. The average molecular weight is 314 g/mol. The quantitative estimate of drug-likeness (QED) is 0.662.